The van der Waals surface area contributed by atoms with E-state index in [1.54, 1.807) is 7.11 Å². The van der Waals surface area contributed by atoms with Crippen LogP contribution in [0.25, 0.3) is 0 Å². The molecule has 1 aliphatic heterocycles. The highest BCUT2D eigenvalue weighted by Crippen LogP contribution is 2.12. The largest absolute Gasteiger partial charge is 0.382 e. The van der Waals surface area contributed by atoms with Crippen LogP contribution in [0.4, 0.5) is 0 Å². The van der Waals surface area contributed by atoms with Crippen LogP contribution in [0.5, 0.6) is 0 Å². The molecule has 1 N–H and O–H groups in total. The van der Waals surface area contributed by atoms with E-state index in [1.165, 1.54) is 12.8 Å². The Kier molecular flexibility index (Phi) is 6.65. The van der Waals surface area contributed by atoms with E-state index in [0.29, 0.717) is 12.5 Å². The van der Waals surface area contributed by atoms with Crippen molar-refractivity contribution < 1.29 is 9.53 Å². The molecular formula is C14H28N2O2. The number of nitrogens with one attached hydrogen (secondary N) is 1. The summed E-state index contributed by atoms with van der Waals surface area (Å²) in [4.78, 5) is 14.2. The maximum absolute atomic E-state index is 12.2. The molecule has 18 heavy (non-hydrogen) atoms. The minimum absolute atomic E-state index is 0.160. The Morgan fingerprint density at radius 2 is 2.17 bits per heavy atom. The number of hydrogen-bond donors (Lipinski definition) is 1. The van der Waals surface area contributed by atoms with Gasteiger partial charge in [0.2, 0.25) is 5.91 Å². The fourth-order valence-corrected chi connectivity index (χ4v) is 2.34. The first-order valence-electron chi connectivity index (χ1n) is 7.10. The first-order chi connectivity index (χ1) is 8.54. The predicted octanol–water partition coefficient (Wildman–Crippen LogP) is 1.79. The number of nitrogens with zero attached hydrogens (tertiary/aromatic N) is 1. The fraction of sp³-hybridized carbons (Fsp3) is 0.929. The van der Waals surface area contributed by atoms with Gasteiger partial charge in [-0.15, -0.1) is 0 Å². The van der Waals surface area contributed by atoms with Crippen molar-refractivity contribution >= 4 is 5.91 Å². The summed E-state index contributed by atoms with van der Waals surface area (Å²) in [6.45, 7) is 8.12. The lowest BCUT2D eigenvalue weighted by atomic mass is 10.1. The standard InChI is InChI=1S/C14H28N2O2/c1-11(2)16(10-13-6-5-9-15-13)14(17)8-7-12(3)18-4/h11-13,15H,5-10H2,1-4H3. The van der Waals surface area contributed by atoms with Gasteiger partial charge in [-0.3, -0.25) is 4.79 Å². The monoisotopic (exact) mass is 256 g/mol. The second-order valence-electron chi connectivity index (χ2n) is 5.52. The summed E-state index contributed by atoms with van der Waals surface area (Å²) in [5.74, 6) is 0.252. The van der Waals surface area contributed by atoms with Gasteiger partial charge in [-0.2, -0.15) is 0 Å². The van der Waals surface area contributed by atoms with Crippen molar-refractivity contribution in [2.45, 2.75) is 64.6 Å². The van der Waals surface area contributed by atoms with Crippen molar-refractivity contribution in [2.75, 3.05) is 20.2 Å². The number of methoxy groups -OCH3 is 1. The normalized spacial score (nSPS) is 21.3. The molecule has 4 heteroatoms. The molecule has 1 amide bonds. The molecule has 1 fully saturated rings. The minimum Gasteiger partial charge on any atom is -0.382 e. The Balaban J connectivity index is 2.41. The molecule has 0 spiro atoms. The number of hydrogen-bond acceptors (Lipinski definition) is 3. The Hall–Kier alpha value is -0.610. The van der Waals surface area contributed by atoms with E-state index < -0.39 is 0 Å². The molecule has 0 aromatic carbocycles. The molecule has 2 atom stereocenters. The first-order valence-corrected chi connectivity index (χ1v) is 7.10. The van der Waals surface area contributed by atoms with Gasteiger partial charge < -0.3 is 15.0 Å². The van der Waals surface area contributed by atoms with E-state index in [4.69, 9.17) is 4.74 Å². The summed E-state index contributed by atoms with van der Waals surface area (Å²) in [7, 11) is 1.69. The highest BCUT2D eigenvalue weighted by molar-refractivity contribution is 5.76. The number of ether oxygens (including phenoxy) is 1. The second-order valence-corrected chi connectivity index (χ2v) is 5.52. The molecule has 1 saturated heterocycles. The van der Waals surface area contributed by atoms with Gasteiger partial charge in [0.1, 0.15) is 0 Å². The van der Waals surface area contributed by atoms with Gasteiger partial charge in [0, 0.05) is 32.2 Å². The summed E-state index contributed by atoms with van der Waals surface area (Å²) in [6, 6.07) is 0.758. The molecule has 1 aliphatic rings. The number of carbonyl (C=O) groups is 1. The zero-order valence-corrected chi connectivity index (χ0v) is 12.2. The van der Waals surface area contributed by atoms with Gasteiger partial charge in [0.25, 0.3) is 0 Å². The van der Waals surface area contributed by atoms with Gasteiger partial charge in [0.15, 0.2) is 0 Å². The van der Waals surface area contributed by atoms with Gasteiger partial charge in [-0.05, 0) is 46.6 Å². The lowest BCUT2D eigenvalue weighted by molar-refractivity contribution is -0.133. The van der Waals surface area contributed by atoms with Crippen LogP contribution in [-0.2, 0) is 9.53 Å². The zero-order chi connectivity index (χ0) is 13.5. The van der Waals surface area contributed by atoms with Crippen molar-refractivity contribution in [1.29, 1.82) is 0 Å². The van der Waals surface area contributed by atoms with Crippen LogP contribution in [0.15, 0.2) is 0 Å². The molecule has 4 nitrogen and oxygen atoms in total. The second kappa shape index (κ2) is 7.74. The maximum atomic E-state index is 12.2. The molecule has 1 heterocycles. The third kappa shape index (κ3) is 4.94. The van der Waals surface area contributed by atoms with Crippen molar-refractivity contribution in [3.63, 3.8) is 0 Å². The first kappa shape index (κ1) is 15.4. The van der Waals surface area contributed by atoms with Gasteiger partial charge in [-0.1, -0.05) is 0 Å². The van der Waals surface area contributed by atoms with Crippen LogP contribution < -0.4 is 5.32 Å². The lowest BCUT2D eigenvalue weighted by Crippen LogP contribution is -2.44. The van der Waals surface area contributed by atoms with Gasteiger partial charge >= 0.3 is 0 Å². The summed E-state index contributed by atoms with van der Waals surface area (Å²) in [5.41, 5.74) is 0. The molecule has 0 aliphatic carbocycles. The van der Waals surface area contributed by atoms with E-state index in [-0.39, 0.29) is 18.1 Å². The SMILES string of the molecule is COC(C)CCC(=O)N(CC1CCCN1)C(C)C. The average molecular weight is 256 g/mol. The van der Waals surface area contributed by atoms with Crippen LogP contribution in [0.1, 0.15) is 46.5 Å². The van der Waals surface area contributed by atoms with Crippen LogP contribution in [0.2, 0.25) is 0 Å². The van der Waals surface area contributed by atoms with E-state index in [1.807, 2.05) is 11.8 Å². The zero-order valence-electron chi connectivity index (χ0n) is 12.2. The molecule has 0 radical (unpaired) electrons. The summed E-state index contributed by atoms with van der Waals surface area (Å²) >= 11 is 0. The molecule has 1 rings (SSSR count). The quantitative estimate of drug-likeness (QED) is 0.755. The predicted molar refractivity (Wildman–Crippen MR) is 73.6 cm³/mol. The number of carbonyl (C=O) groups excluding carboxylic acids is 1. The molecule has 0 aromatic heterocycles. The molecule has 0 saturated carbocycles. The molecule has 106 valence electrons. The van der Waals surface area contributed by atoms with Crippen LogP contribution in [0.3, 0.4) is 0 Å². The Bertz CT molecular complexity index is 250. The third-order valence-electron chi connectivity index (χ3n) is 3.69. The topological polar surface area (TPSA) is 41.6 Å². The van der Waals surface area contributed by atoms with Crippen molar-refractivity contribution in [3.05, 3.63) is 0 Å². The smallest absolute Gasteiger partial charge is 0.222 e. The van der Waals surface area contributed by atoms with E-state index in [0.717, 1.165) is 19.5 Å². The number of amides is 1. The Morgan fingerprint density at radius 1 is 1.44 bits per heavy atom. The van der Waals surface area contributed by atoms with Gasteiger partial charge in [0.05, 0.1) is 6.10 Å². The Morgan fingerprint density at radius 3 is 2.67 bits per heavy atom. The molecular weight excluding hydrogens is 228 g/mol. The third-order valence-corrected chi connectivity index (χ3v) is 3.69. The molecule has 0 bridgehead atoms. The van der Waals surface area contributed by atoms with Crippen LogP contribution in [-0.4, -0.2) is 49.2 Å². The van der Waals surface area contributed by atoms with E-state index in [2.05, 4.69) is 19.2 Å². The van der Waals surface area contributed by atoms with Crippen LogP contribution >= 0.6 is 0 Å². The van der Waals surface area contributed by atoms with Crippen molar-refractivity contribution in [1.82, 2.24) is 10.2 Å². The fourth-order valence-electron chi connectivity index (χ4n) is 2.34. The van der Waals surface area contributed by atoms with Crippen LogP contribution in [0, 0.1) is 0 Å². The van der Waals surface area contributed by atoms with Crippen molar-refractivity contribution in [2.24, 2.45) is 0 Å². The van der Waals surface area contributed by atoms with Gasteiger partial charge in [-0.25, -0.2) is 0 Å². The van der Waals surface area contributed by atoms with E-state index >= 15 is 0 Å². The maximum Gasteiger partial charge on any atom is 0.222 e. The molecule has 0 aromatic rings. The number of rotatable bonds is 7. The lowest BCUT2D eigenvalue weighted by Gasteiger charge is -2.30. The average Bonchev–Trinajstić information content (AvgIpc) is 2.85. The van der Waals surface area contributed by atoms with E-state index in [9.17, 15) is 4.79 Å². The Labute approximate surface area is 111 Å². The highest BCUT2D eigenvalue weighted by Gasteiger charge is 2.23. The van der Waals surface area contributed by atoms with Crippen molar-refractivity contribution in [3.8, 4) is 0 Å². The molecule has 2 unspecified atom stereocenters. The summed E-state index contributed by atoms with van der Waals surface area (Å²) in [6.07, 6.45) is 3.96. The highest BCUT2D eigenvalue weighted by atomic mass is 16.5. The minimum atomic E-state index is 0.160. The summed E-state index contributed by atoms with van der Waals surface area (Å²) < 4.78 is 5.19. The summed E-state index contributed by atoms with van der Waals surface area (Å²) in [5, 5.41) is 3.45.